The summed E-state index contributed by atoms with van der Waals surface area (Å²) in [6, 6.07) is 7.58. The summed E-state index contributed by atoms with van der Waals surface area (Å²) in [5, 5.41) is 13.7. The molecule has 0 unspecified atom stereocenters. The average molecular weight is 437 g/mol. The number of carbonyl (C=O) groups excluding carboxylic acids is 1. The molecule has 162 valence electrons. The minimum atomic E-state index is -3.86. The number of nitro benzene ring substituents is 1. The summed E-state index contributed by atoms with van der Waals surface area (Å²) < 4.78 is 36.3. The number of benzene rings is 2. The summed E-state index contributed by atoms with van der Waals surface area (Å²) in [5.74, 6) is 0.0450. The molecule has 0 heterocycles. The van der Waals surface area contributed by atoms with E-state index in [0.29, 0.717) is 11.5 Å². The molecule has 0 bridgehead atoms. The maximum atomic E-state index is 12.8. The molecule has 10 nitrogen and oxygen atoms in total. The van der Waals surface area contributed by atoms with Crippen LogP contribution in [0.4, 0.5) is 17.1 Å². The highest BCUT2D eigenvalue weighted by Crippen LogP contribution is 2.33. The number of hydrogen-bond donors (Lipinski definition) is 1. The third-order valence-electron chi connectivity index (χ3n) is 4.47. The number of anilines is 2. The Morgan fingerprint density at radius 2 is 1.80 bits per heavy atom. The van der Waals surface area contributed by atoms with Crippen LogP contribution in [-0.2, 0) is 14.8 Å². The Hall–Kier alpha value is -3.34. The molecule has 11 heteroatoms. The SMILES string of the molecule is COc1ccc(N([C@H](C)C(=O)Nc2cccc([N+](=O)[O-])c2C)S(C)(=O)=O)cc1OC. The van der Waals surface area contributed by atoms with Crippen molar-refractivity contribution >= 4 is 33.0 Å². The minimum Gasteiger partial charge on any atom is -0.493 e. The molecule has 30 heavy (non-hydrogen) atoms. The lowest BCUT2D eigenvalue weighted by Crippen LogP contribution is -2.45. The lowest BCUT2D eigenvalue weighted by molar-refractivity contribution is -0.385. The zero-order chi connectivity index (χ0) is 22.6. The first-order valence-electron chi connectivity index (χ1n) is 8.77. The van der Waals surface area contributed by atoms with Crippen molar-refractivity contribution < 1.29 is 27.6 Å². The molecule has 2 rings (SSSR count). The minimum absolute atomic E-state index is 0.152. The highest BCUT2D eigenvalue weighted by Gasteiger charge is 2.30. The fourth-order valence-corrected chi connectivity index (χ4v) is 4.13. The average Bonchev–Trinajstić information content (AvgIpc) is 2.68. The molecule has 1 atom stereocenters. The molecular formula is C19H23N3O7S. The zero-order valence-electron chi connectivity index (χ0n) is 17.2. The molecule has 1 N–H and O–H groups in total. The standard InChI is InChI=1S/C19H23N3O7S/c1-12-15(7-6-8-16(12)22(24)25)20-19(23)13(2)21(30(5,26)27)14-9-10-17(28-3)18(11-14)29-4/h6-11,13H,1-5H3,(H,20,23)/t13-/m1/s1. The van der Waals surface area contributed by atoms with Gasteiger partial charge in [-0.15, -0.1) is 0 Å². The van der Waals surface area contributed by atoms with Crippen LogP contribution in [0, 0.1) is 17.0 Å². The number of ether oxygens (including phenoxy) is 2. The molecule has 0 radical (unpaired) electrons. The maximum Gasteiger partial charge on any atom is 0.274 e. The van der Waals surface area contributed by atoms with Crippen molar-refractivity contribution in [3.8, 4) is 11.5 Å². The smallest absolute Gasteiger partial charge is 0.274 e. The van der Waals surface area contributed by atoms with Crippen molar-refractivity contribution in [3.05, 3.63) is 52.1 Å². The van der Waals surface area contributed by atoms with Crippen LogP contribution in [0.2, 0.25) is 0 Å². The van der Waals surface area contributed by atoms with Crippen LogP contribution in [0.25, 0.3) is 0 Å². The quantitative estimate of drug-likeness (QED) is 0.497. The Morgan fingerprint density at radius 3 is 2.33 bits per heavy atom. The molecule has 0 aromatic heterocycles. The van der Waals surface area contributed by atoms with Gasteiger partial charge in [-0.05, 0) is 32.0 Å². The molecule has 0 aliphatic rings. The maximum absolute atomic E-state index is 12.8. The molecular weight excluding hydrogens is 414 g/mol. The number of carbonyl (C=O) groups is 1. The Bertz CT molecular complexity index is 1070. The van der Waals surface area contributed by atoms with Gasteiger partial charge in [0, 0.05) is 12.1 Å². The first-order valence-corrected chi connectivity index (χ1v) is 10.6. The van der Waals surface area contributed by atoms with Gasteiger partial charge in [0.2, 0.25) is 15.9 Å². The van der Waals surface area contributed by atoms with Crippen LogP contribution in [0.1, 0.15) is 12.5 Å². The fourth-order valence-electron chi connectivity index (χ4n) is 2.96. The Balaban J connectivity index is 2.42. The van der Waals surface area contributed by atoms with Gasteiger partial charge in [0.05, 0.1) is 42.3 Å². The van der Waals surface area contributed by atoms with E-state index in [1.807, 2.05) is 0 Å². The molecule has 0 fully saturated rings. The van der Waals surface area contributed by atoms with E-state index in [4.69, 9.17) is 9.47 Å². The number of nitrogens with zero attached hydrogens (tertiary/aromatic N) is 2. The Labute approximate surface area is 174 Å². The largest absolute Gasteiger partial charge is 0.493 e. The number of rotatable bonds is 8. The number of sulfonamides is 1. The van der Waals surface area contributed by atoms with E-state index in [1.165, 1.54) is 64.5 Å². The van der Waals surface area contributed by atoms with Crippen molar-refractivity contribution in [2.45, 2.75) is 19.9 Å². The van der Waals surface area contributed by atoms with Gasteiger partial charge in [0.25, 0.3) is 5.69 Å². The van der Waals surface area contributed by atoms with Crippen LogP contribution in [0.5, 0.6) is 11.5 Å². The molecule has 0 aliphatic heterocycles. The van der Waals surface area contributed by atoms with Gasteiger partial charge in [-0.3, -0.25) is 19.2 Å². The lowest BCUT2D eigenvalue weighted by atomic mass is 10.1. The number of hydrogen-bond acceptors (Lipinski definition) is 7. The summed E-state index contributed by atoms with van der Waals surface area (Å²) in [5.41, 5.74) is 0.538. The second kappa shape index (κ2) is 8.99. The summed E-state index contributed by atoms with van der Waals surface area (Å²) in [6.45, 7) is 2.92. The second-order valence-electron chi connectivity index (χ2n) is 6.47. The number of nitrogens with one attached hydrogen (secondary N) is 1. The lowest BCUT2D eigenvalue weighted by Gasteiger charge is -2.28. The normalized spacial score (nSPS) is 12.0. The Kier molecular flexibility index (Phi) is 6.88. The van der Waals surface area contributed by atoms with E-state index in [9.17, 15) is 23.3 Å². The van der Waals surface area contributed by atoms with Gasteiger partial charge in [-0.2, -0.15) is 0 Å². The molecule has 0 saturated heterocycles. The van der Waals surface area contributed by atoms with E-state index >= 15 is 0 Å². The number of amides is 1. The highest BCUT2D eigenvalue weighted by molar-refractivity contribution is 7.92. The molecule has 0 spiro atoms. The number of nitro groups is 1. The third kappa shape index (κ3) is 4.79. The number of methoxy groups -OCH3 is 2. The summed E-state index contributed by atoms with van der Waals surface area (Å²) >= 11 is 0. The van der Waals surface area contributed by atoms with Gasteiger partial charge < -0.3 is 14.8 Å². The van der Waals surface area contributed by atoms with Gasteiger partial charge in [-0.1, -0.05) is 6.07 Å². The first kappa shape index (κ1) is 22.9. The van der Waals surface area contributed by atoms with Crippen molar-refractivity contribution in [1.29, 1.82) is 0 Å². The van der Waals surface area contributed by atoms with E-state index < -0.39 is 26.9 Å². The van der Waals surface area contributed by atoms with Crippen molar-refractivity contribution in [3.63, 3.8) is 0 Å². The summed E-state index contributed by atoms with van der Waals surface area (Å²) in [4.78, 5) is 23.4. The van der Waals surface area contributed by atoms with Crippen LogP contribution in [0.3, 0.4) is 0 Å². The summed E-state index contributed by atoms with van der Waals surface area (Å²) in [6.07, 6.45) is 0.978. The van der Waals surface area contributed by atoms with E-state index in [1.54, 1.807) is 0 Å². The predicted octanol–water partition coefficient (Wildman–Crippen LogP) is 2.71. The predicted molar refractivity (Wildman–Crippen MR) is 113 cm³/mol. The first-order chi connectivity index (χ1) is 14.0. The molecule has 0 aliphatic carbocycles. The van der Waals surface area contributed by atoms with Gasteiger partial charge in [0.1, 0.15) is 6.04 Å². The van der Waals surface area contributed by atoms with E-state index in [2.05, 4.69) is 5.32 Å². The van der Waals surface area contributed by atoms with Crippen molar-refractivity contribution in [1.82, 2.24) is 0 Å². The van der Waals surface area contributed by atoms with Crippen LogP contribution < -0.4 is 19.1 Å². The molecule has 0 saturated carbocycles. The molecule has 1 amide bonds. The van der Waals surface area contributed by atoms with Gasteiger partial charge in [-0.25, -0.2) is 8.42 Å². The molecule has 2 aromatic rings. The van der Waals surface area contributed by atoms with Crippen LogP contribution in [0.15, 0.2) is 36.4 Å². The third-order valence-corrected chi connectivity index (χ3v) is 5.71. The van der Waals surface area contributed by atoms with Crippen molar-refractivity contribution in [2.75, 3.05) is 30.1 Å². The van der Waals surface area contributed by atoms with Gasteiger partial charge in [0.15, 0.2) is 11.5 Å². The van der Waals surface area contributed by atoms with E-state index in [-0.39, 0.29) is 22.6 Å². The molecule has 2 aromatic carbocycles. The fraction of sp³-hybridized carbons (Fsp3) is 0.316. The Morgan fingerprint density at radius 1 is 1.17 bits per heavy atom. The van der Waals surface area contributed by atoms with E-state index in [0.717, 1.165) is 10.6 Å². The summed E-state index contributed by atoms with van der Waals surface area (Å²) in [7, 11) is -1.00. The van der Waals surface area contributed by atoms with Gasteiger partial charge >= 0.3 is 0 Å². The van der Waals surface area contributed by atoms with Crippen LogP contribution >= 0.6 is 0 Å². The highest BCUT2D eigenvalue weighted by atomic mass is 32.2. The van der Waals surface area contributed by atoms with Crippen molar-refractivity contribution in [2.24, 2.45) is 0 Å². The van der Waals surface area contributed by atoms with Crippen LogP contribution in [-0.4, -0.2) is 45.8 Å². The second-order valence-corrected chi connectivity index (χ2v) is 8.33. The topological polar surface area (TPSA) is 128 Å². The monoisotopic (exact) mass is 437 g/mol. The zero-order valence-corrected chi connectivity index (χ0v) is 18.0.